The van der Waals surface area contributed by atoms with Gasteiger partial charge in [0, 0.05) is 10.7 Å². The van der Waals surface area contributed by atoms with E-state index >= 15 is 0 Å². The number of carbonyl (C=O) groups excluding carboxylic acids is 1. The van der Waals surface area contributed by atoms with Crippen LogP contribution in [0.5, 0.6) is 11.5 Å². The van der Waals surface area contributed by atoms with Gasteiger partial charge in [0.25, 0.3) is 0 Å². The van der Waals surface area contributed by atoms with Gasteiger partial charge in [-0.05, 0) is 78.8 Å². The van der Waals surface area contributed by atoms with Gasteiger partial charge in [0.15, 0.2) is 11.5 Å². The van der Waals surface area contributed by atoms with Crippen molar-refractivity contribution in [1.29, 1.82) is 0 Å². The molecule has 4 nitrogen and oxygen atoms in total. The normalized spacial score (nSPS) is 18.7. The van der Waals surface area contributed by atoms with E-state index in [1.807, 2.05) is 65.6 Å². The van der Waals surface area contributed by atoms with Crippen LogP contribution in [0.1, 0.15) is 54.8 Å². The van der Waals surface area contributed by atoms with Crippen molar-refractivity contribution in [2.75, 3.05) is 12.0 Å². The van der Waals surface area contributed by atoms with Crippen LogP contribution in [0, 0.1) is 0 Å². The highest BCUT2D eigenvalue weighted by Crippen LogP contribution is 2.44. The molecule has 1 aliphatic carbocycles. The number of anilines is 1. The highest BCUT2D eigenvalue weighted by molar-refractivity contribution is 6.30. The van der Waals surface area contributed by atoms with Crippen molar-refractivity contribution in [1.82, 2.24) is 0 Å². The van der Waals surface area contributed by atoms with Gasteiger partial charge in [0.1, 0.15) is 0 Å². The average Bonchev–Trinajstić information content (AvgIpc) is 2.85. The van der Waals surface area contributed by atoms with Gasteiger partial charge in [-0.15, -0.1) is 0 Å². The molecule has 3 aromatic carbocycles. The van der Waals surface area contributed by atoms with E-state index < -0.39 is 0 Å². The average molecular weight is 462 g/mol. The summed E-state index contributed by atoms with van der Waals surface area (Å²) in [6, 6.07) is 21.4. The summed E-state index contributed by atoms with van der Waals surface area (Å²) in [5.74, 6) is 1.50. The first-order valence-corrected chi connectivity index (χ1v) is 12.0. The molecule has 5 rings (SSSR count). The van der Waals surface area contributed by atoms with Crippen molar-refractivity contribution in [2.45, 2.75) is 50.7 Å². The Labute approximate surface area is 200 Å². The van der Waals surface area contributed by atoms with Crippen molar-refractivity contribution in [3.8, 4) is 11.5 Å². The predicted octanol–water partition coefficient (Wildman–Crippen LogP) is 6.74. The summed E-state index contributed by atoms with van der Waals surface area (Å²) in [4.78, 5) is 15.3. The third kappa shape index (κ3) is 4.45. The number of para-hydroxylation sites is 1. The van der Waals surface area contributed by atoms with Crippen LogP contribution in [0.3, 0.4) is 0 Å². The molecule has 5 heteroatoms. The molecule has 1 atom stereocenters. The fraction of sp³-hybridized carbons (Fsp3) is 0.321. The SMILES string of the molecule is COc1cc2c(cc1OC1CCCCC1)C(c1ccc(Cl)cc1)N(c1ccccc1)C(=O)C2. The van der Waals surface area contributed by atoms with Crippen LogP contribution in [0.15, 0.2) is 66.7 Å². The number of benzene rings is 3. The van der Waals surface area contributed by atoms with Crippen LogP contribution >= 0.6 is 11.6 Å². The van der Waals surface area contributed by atoms with Crippen LogP contribution in [0.4, 0.5) is 5.69 Å². The van der Waals surface area contributed by atoms with E-state index in [9.17, 15) is 4.79 Å². The van der Waals surface area contributed by atoms with Crippen LogP contribution in [-0.2, 0) is 11.2 Å². The summed E-state index contributed by atoms with van der Waals surface area (Å²) in [6.45, 7) is 0. The van der Waals surface area contributed by atoms with Gasteiger partial charge in [-0.2, -0.15) is 0 Å². The molecule has 0 aromatic heterocycles. The first-order valence-electron chi connectivity index (χ1n) is 11.6. The molecule has 0 N–H and O–H groups in total. The zero-order chi connectivity index (χ0) is 22.8. The quantitative estimate of drug-likeness (QED) is 0.422. The van der Waals surface area contributed by atoms with Gasteiger partial charge in [0.05, 0.1) is 25.7 Å². The molecule has 1 aliphatic heterocycles. The topological polar surface area (TPSA) is 38.8 Å². The Morgan fingerprint density at radius 1 is 0.909 bits per heavy atom. The van der Waals surface area contributed by atoms with Crippen molar-refractivity contribution >= 4 is 23.2 Å². The monoisotopic (exact) mass is 461 g/mol. The molecule has 0 bridgehead atoms. The summed E-state index contributed by atoms with van der Waals surface area (Å²) < 4.78 is 12.2. The number of ether oxygens (including phenoxy) is 2. The minimum atomic E-state index is -0.277. The number of methoxy groups -OCH3 is 1. The van der Waals surface area contributed by atoms with E-state index in [1.165, 1.54) is 19.3 Å². The van der Waals surface area contributed by atoms with E-state index in [0.29, 0.717) is 17.2 Å². The maximum Gasteiger partial charge on any atom is 0.232 e. The second-order valence-corrected chi connectivity index (χ2v) is 9.25. The minimum absolute atomic E-state index is 0.0525. The number of amides is 1. The Hall–Kier alpha value is -2.98. The Balaban J connectivity index is 1.63. The number of fused-ring (bicyclic) bond motifs is 1. The number of hydrogen-bond acceptors (Lipinski definition) is 3. The zero-order valence-corrected chi connectivity index (χ0v) is 19.6. The minimum Gasteiger partial charge on any atom is -0.493 e. The lowest BCUT2D eigenvalue weighted by molar-refractivity contribution is -0.118. The molecule has 1 heterocycles. The van der Waals surface area contributed by atoms with Crippen molar-refractivity contribution in [3.63, 3.8) is 0 Å². The van der Waals surface area contributed by atoms with Gasteiger partial charge in [-0.3, -0.25) is 4.79 Å². The van der Waals surface area contributed by atoms with Crippen LogP contribution in [-0.4, -0.2) is 19.1 Å². The van der Waals surface area contributed by atoms with Crippen molar-refractivity contribution in [3.05, 3.63) is 88.4 Å². The maximum absolute atomic E-state index is 13.4. The second-order valence-electron chi connectivity index (χ2n) is 8.81. The Bertz CT molecular complexity index is 1120. The third-order valence-electron chi connectivity index (χ3n) is 6.65. The molecule has 3 aromatic rings. The molecule has 170 valence electrons. The lowest BCUT2D eigenvalue weighted by atomic mass is 9.86. The lowest BCUT2D eigenvalue weighted by Gasteiger charge is -2.38. The molecule has 1 saturated carbocycles. The lowest BCUT2D eigenvalue weighted by Crippen LogP contribution is -2.41. The molecule has 1 amide bonds. The summed E-state index contributed by atoms with van der Waals surface area (Å²) in [7, 11) is 1.66. The standard InChI is InChI=1S/C28H28ClNO3/c1-32-25-16-20-17-27(31)30(22-8-4-2-5-9-22)28(19-12-14-21(29)15-13-19)24(20)18-26(25)33-23-10-6-3-7-11-23/h2,4-5,8-9,12-16,18,23,28H,3,6-7,10-11,17H2,1H3. The summed E-state index contributed by atoms with van der Waals surface area (Å²) in [5, 5.41) is 0.670. The van der Waals surface area contributed by atoms with E-state index in [0.717, 1.165) is 41.0 Å². The predicted molar refractivity (Wildman–Crippen MR) is 131 cm³/mol. The fourth-order valence-corrected chi connectivity index (χ4v) is 5.15. The largest absolute Gasteiger partial charge is 0.493 e. The number of halogens is 1. The van der Waals surface area contributed by atoms with Crippen LogP contribution in [0.2, 0.25) is 5.02 Å². The van der Waals surface area contributed by atoms with Crippen molar-refractivity contribution < 1.29 is 14.3 Å². The van der Waals surface area contributed by atoms with Gasteiger partial charge in [0.2, 0.25) is 5.91 Å². The highest BCUT2D eigenvalue weighted by atomic mass is 35.5. The summed E-state index contributed by atoms with van der Waals surface area (Å²) in [6.07, 6.45) is 6.31. The number of hydrogen-bond donors (Lipinski definition) is 0. The molecule has 0 spiro atoms. The molecule has 0 saturated heterocycles. The van der Waals surface area contributed by atoms with E-state index in [-0.39, 0.29) is 18.1 Å². The molecular formula is C28H28ClNO3. The van der Waals surface area contributed by atoms with Gasteiger partial charge in [-0.25, -0.2) is 0 Å². The van der Waals surface area contributed by atoms with Gasteiger partial charge < -0.3 is 14.4 Å². The van der Waals surface area contributed by atoms with Crippen LogP contribution in [0.25, 0.3) is 0 Å². The molecule has 1 unspecified atom stereocenters. The summed E-state index contributed by atoms with van der Waals surface area (Å²) >= 11 is 6.19. The van der Waals surface area contributed by atoms with Gasteiger partial charge in [-0.1, -0.05) is 48.4 Å². The Kier molecular flexibility index (Phi) is 6.28. The Morgan fingerprint density at radius 2 is 1.64 bits per heavy atom. The smallest absolute Gasteiger partial charge is 0.232 e. The number of rotatable bonds is 5. The maximum atomic E-state index is 13.4. The van der Waals surface area contributed by atoms with Crippen LogP contribution < -0.4 is 14.4 Å². The van der Waals surface area contributed by atoms with E-state index in [1.54, 1.807) is 7.11 Å². The third-order valence-corrected chi connectivity index (χ3v) is 6.91. The Morgan fingerprint density at radius 3 is 2.33 bits per heavy atom. The van der Waals surface area contributed by atoms with Crippen molar-refractivity contribution in [2.24, 2.45) is 0 Å². The first-order chi connectivity index (χ1) is 16.1. The molecule has 33 heavy (non-hydrogen) atoms. The molecule has 1 fully saturated rings. The molecule has 2 aliphatic rings. The second kappa shape index (κ2) is 9.48. The summed E-state index contributed by atoms with van der Waals surface area (Å²) in [5.41, 5.74) is 3.91. The van der Waals surface area contributed by atoms with E-state index in [4.69, 9.17) is 21.1 Å². The highest BCUT2D eigenvalue weighted by Gasteiger charge is 2.36. The molecular weight excluding hydrogens is 434 g/mol. The number of nitrogens with zero attached hydrogens (tertiary/aromatic N) is 1. The molecule has 0 radical (unpaired) electrons. The first kappa shape index (κ1) is 21.8. The van der Waals surface area contributed by atoms with Gasteiger partial charge >= 0.3 is 0 Å². The zero-order valence-electron chi connectivity index (χ0n) is 18.8. The fourth-order valence-electron chi connectivity index (χ4n) is 5.03. The number of carbonyl (C=O) groups is 1. The van der Waals surface area contributed by atoms with E-state index in [2.05, 4.69) is 6.07 Å².